The van der Waals surface area contributed by atoms with Crippen molar-refractivity contribution in [2.24, 2.45) is 0 Å². The highest BCUT2D eigenvalue weighted by Gasteiger charge is 2.34. The molecule has 2 heterocycles. The summed E-state index contributed by atoms with van der Waals surface area (Å²) in [6.07, 6.45) is 9.39. The Morgan fingerprint density at radius 2 is 1.83 bits per heavy atom. The number of aliphatic carboxylic acids is 1. The molecule has 1 aromatic heterocycles. The maximum Gasteiger partial charge on any atom is 0.320 e. The van der Waals surface area contributed by atoms with Crippen LogP contribution in [0.4, 0.5) is 4.39 Å². The predicted octanol–water partition coefficient (Wildman–Crippen LogP) is 5.76. The van der Waals surface area contributed by atoms with Gasteiger partial charge in [0.05, 0.1) is 0 Å². The van der Waals surface area contributed by atoms with Crippen molar-refractivity contribution in [3.05, 3.63) is 71.4 Å². The molecule has 0 bridgehead atoms. The van der Waals surface area contributed by atoms with Crippen molar-refractivity contribution >= 4 is 5.97 Å². The summed E-state index contributed by atoms with van der Waals surface area (Å²) in [5, 5.41) is 13.4. The molecule has 0 radical (unpaired) electrons. The summed E-state index contributed by atoms with van der Waals surface area (Å²) in [7, 11) is 0. The molecular formula is C28H32FN3O3. The van der Waals surface area contributed by atoms with Crippen LogP contribution in [0.2, 0.25) is 0 Å². The van der Waals surface area contributed by atoms with Gasteiger partial charge in [0, 0.05) is 25.1 Å². The predicted molar refractivity (Wildman–Crippen MR) is 130 cm³/mol. The zero-order chi connectivity index (χ0) is 24.3. The van der Waals surface area contributed by atoms with Crippen molar-refractivity contribution in [1.82, 2.24) is 15.0 Å². The molecule has 1 N–H and O–H groups in total. The molecule has 1 unspecified atom stereocenters. The molecule has 2 fully saturated rings. The molecule has 5 rings (SSSR count). The zero-order valence-corrected chi connectivity index (χ0v) is 20.0. The Kier molecular flexibility index (Phi) is 6.95. The van der Waals surface area contributed by atoms with Crippen LogP contribution in [0.5, 0.6) is 0 Å². The molecule has 184 valence electrons. The van der Waals surface area contributed by atoms with E-state index in [2.05, 4.69) is 10.1 Å². The fourth-order valence-electron chi connectivity index (χ4n) is 5.67. The summed E-state index contributed by atoms with van der Waals surface area (Å²) < 4.78 is 19.0. The van der Waals surface area contributed by atoms with Gasteiger partial charge in [0.25, 0.3) is 0 Å². The molecule has 35 heavy (non-hydrogen) atoms. The van der Waals surface area contributed by atoms with Crippen LogP contribution in [0.25, 0.3) is 11.4 Å². The van der Waals surface area contributed by atoms with Crippen LogP contribution in [0.15, 0.2) is 53.1 Å². The lowest BCUT2D eigenvalue weighted by atomic mass is 9.67. The van der Waals surface area contributed by atoms with Gasteiger partial charge >= 0.3 is 5.97 Å². The number of aryl methyl sites for hydroxylation is 1. The molecule has 7 heteroatoms. The second-order valence-electron chi connectivity index (χ2n) is 10.0. The number of benzene rings is 2. The van der Waals surface area contributed by atoms with Crippen LogP contribution in [0.1, 0.15) is 68.4 Å². The number of hydrogen-bond donors (Lipinski definition) is 1. The van der Waals surface area contributed by atoms with Gasteiger partial charge in [-0.1, -0.05) is 60.8 Å². The van der Waals surface area contributed by atoms with Gasteiger partial charge in [0.15, 0.2) is 0 Å². The molecule has 6 nitrogen and oxygen atoms in total. The highest BCUT2D eigenvalue weighted by Crippen LogP contribution is 2.43. The van der Waals surface area contributed by atoms with Crippen LogP contribution in [-0.4, -0.2) is 38.7 Å². The highest BCUT2D eigenvalue weighted by molar-refractivity contribution is 5.74. The summed E-state index contributed by atoms with van der Waals surface area (Å²) >= 11 is 0. The van der Waals surface area contributed by atoms with E-state index >= 15 is 0 Å². The van der Waals surface area contributed by atoms with Crippen molar-refractivity contribution in [1.29, 1.82) is 0 Å². The minimum atomic E-state index is -0.751. The van der Waals surface area contributed by atoms with Gasteiger partial charge in [-0.15, -0.1) is 0 Å². The van der Waals surface area contributed by atoms with Crippen LogP contribution >= 0.6 is 0 Å². The molecule has 1 aliphatic heterocycles. The number of carbonyl (C=O) groups is 1. The first-order valence-corrected chi connectivity index (χ1v) is 12.7. The van der Waals surface area contributed by atoms with E-state index in [1.807, 2.05) is 41.3 Å². The SMILES string of the molecule is O=C(O)C1CCN1Cc1ccc(-c2noc(CCCC3(c4ccc(F)cc4)CCCCC3)n2)cc1. The Hall–Kier alpha value is -3.06. The Morgan fingerprint density at radius 3 is 2.49 bits per heavy atom. The van der Waals surface area contributed by atoms with E-state index in [1.165, 1.54) is 24.8 Å². The third-order valence-corrected chi connectivity index (χ3v) is 7.79. The van der Waals surface area contributed by atoms with Crippen molar-refractivity contribution in [2.75, 3.05) is 6.54 Å². The first-order chi connectivity index (χ1) is 17.0. The molecule has 0 amide bonds. The number of likely N-dealkylation sites (tertiary alicyclic amines) is 1. The third-order valence-electron chi connectivity index (χ3n) is 7.79. The van der Waals surface area contributed by atoms with Gasteiger partial charge in [0.2, 0.25) is 11.7 Å². The molecule has 2 aromatic carbocycles. The maximum atomic E-state index is 13.5. The minimum Gasteiger partial charge on any atom is -0.480 e. The summed E-state index contributed by atoms with van der Waals surface area (Å²) in [6.45, 7) is 1.44. The molecule has 3 aromatic rings. The molecule has 1 saturated heterocycles. The van der Waals surface area contributed by atoms with Crippen molar-refractivity contribution in [3.63, 3.8) is 0 Å². The number of rotatable bonds is 9. The van der Waals surface area contributed by atoms with Gasteiger partial charge in [0.1, 0.15) is 11.9 Å². The molecule has 0 spiro atoms. The van der Waals surface area contributed by atoms with Crippen LogP contribution in [0, 0.1) is 5.82 Å². The molecule has 1 atom stereocenters. The lowest BCUT2D eigenvalue weighted by molar-refractivity contribution is -0.148. The average Bonchev–Trinajstić information content (AvgIpc) is 3.32. The average molecular weight is 478 g/mol. The summed E-state index contributed by atoms with van der Waals surface area (Å²) in [5.41, 5.74) is 3.32. The normalized spacial score (nSPS) is 19.9. The van der Waals surface area contributed by atoms with Crippen LogP contribution in [-0.2, 0) is 23.2 Å². The quantitative estimate of drug-likeness (QED) is 0.422. The smallest absolute Gasteiger partial charge is 0.320 e. The fraction of sp³-hybridized carbons (Fsp3) is 0.464. The zero-order valence-electron chi connectivity index (χ0n) is 20.0. The van der Waals surface area contributed by atoms with Crippen LogP contribution in [0.3, 0.4) is 0 Å². The lowest BCUT2D eigenvalue weighted by Gasteiger charge is -2.38. The largest absolute Gasteiger partial charge is 0.480 e. The molecule has 1 aliphatic carbocycles. The van der Waals surface area contributed by atoms with Gasteiger partial charge in [-0.3, -0.25) is 9.69 Å². The Labute approximate surface area is 205 Å². The van der Waals surface area contributed by atoms with E-state index in [-0.39, 0.29) is 17.3 Å². The van der Waals surface area contributed by atoms with E-state index in [0.29, 0.717) is 24.7 Å². The topological polar surface area (TPSA) is 79.5 Å². The number of carboxylic acids is 1. The maximum absolute atomic E-state index is 13.5. The second-order valence-corrected chi connectivity index (χ2v) is 10.0. The summed E-state index contributed by atoms with van der Waals surface area (Å²) in [5.74, 6) is 0.277. The van der Waals surface area contributed by atoms with Crippen molar-refractivity contribution in [3.8, 4) is 11.4 Å². The standard InChI is InChI=1S/C28H32FN3O3/c29-23-12-10-22(11-13-23)28(15-2-1-3-16-28)17-4-5-25-30-26(31-35-25)21-8-6-20(7-9-21)19-32-18-14-24(32)27(33)34/h6-13,24H,1-5,14-19H2,(H,33,34). The van der Waals surface area contributed by atoms with Crippen molar-refractivity contribution < 1.29 is 18.8 Å². The second kappa shape index (κ2) is 10.3. The van der Waals surface area contributed by atoms with Gasteiger partial charge in [-0.25, -0.2) is 4.39 Å². The first kappa shape index (κ1) is 23.7. The molecular weight excluding hydrogens is 445 g/mol. The highest BCUT2D eigenvalue weighted by atomic mass is 19.1. The molecule has 1 saturated carbocycles. The van der Waals surface area contributed by atoms with Crippen LogP contribution < -0.4 is 0 Å². The number of carboxylic acid groups (broad SMARTS) is 1. The Bertz CT molecular complexity index is 1140. The van der Waals surface area contributed by atoms with E-state index in [9.17, 15) is 14.3 Å². The lowest BCUT2D eigenvalue weighted by Crippen LogP contribution is -2.51. The number of nitrogens with zero attached hydrogens (tertiary/aromatic N) is 3. The van der Waals surface area contributed by atoms with Gasteiger partial charge in [-0.05, 0) is 60.8 Å². The Balaban J connectivity index is 1.18. The van der Waals surface area contributed by atoms with Gasteiger partial charge in [-0.2, -0.15) is 4.98 Å². The van der Waals surface area contributed by atoms with E-state index in [4.69, 9.17) is 4.52 Å². The van der Waals surface area contributed by atoms with Gasteiger partial charge < -0.3 is 9.63 Å². The summed E-state index contributed by atoms with van der Waals surface area (Å²) in [4.78, 5) is 17.8. The van der Waals surface area contributed by atoms with Crippen molar-refractivity contribution in [2.45, 2.75) is 75.8 Å². The number of hydrogen-bond acceptors (Lipinski definition) is 5. The fourth-order valence-corrected chi connectivity index (χ4v) is 5.67. The molecule has 2 aliphatic rings. The monoisotopic (exact) mass is 477 g/mol. The van der Waals surface area contributed by atoms with E-state index < -0.39 is 5.97 Å². The third kappa shape index (κ3) is 5.30. The van der Waals surface area contributed by atoms with E-state index in [0.717, 1.165) is 49.8 Å². The van der Waals surface area contributed by atoms with E-state index in [1.54, 1.807) is 12.1 Å². The minimum absolute atomic E-state index is 0.112. The Morgan fingerprint density at radius 1 is 1.09 bits per heavy atom. The number of halogens is 1. The first-order valence-electron chi connectivity index (χ1n) is 12.7. The number of aromatic nitrogens is 2. The summed E-state index contributed by atoms with van der Waals surface area (Å²) in [6, 6.07) is 14.6.